The van der Waals surface area contributed by atoms with Crippen LogP contribution >= 0.6 is 0 Å². The Hall–Kier alpha value is -2.56. The Morgan fingerprint density at radius 1 is 1.32 bits per heavy atom. The van der Waals surface area contributed by atoms with E-state index in [4.69, 9.17) is 0 Å². The van der Waals surface area contributed by atoms with Gasteiger partial charge in [0.2, 0.25) is 0 Å². The van der Waals surface area contributed by atoms with Gasteiger partial charge in [-0.2, -0.15) is 5.10 Å². The number of nitrogens with one attached hydrogen (secondary N) is 2. The first-order valence-electron chi connectivity index (χ1n) is 9.12. The first kappa shape index (κ1) is 15.9. The van der Waals surface area contributed by atoms with E-state index in [0.29, 0.717) is 6.54 Å². The van der Waals surface area contributed by atoms with Crippen LogP contribution in [-0.4, -0.2) is 27.2 Å². The van der Waals surface area contributed by atoms with Gasteiger partial charge in [-0.25, -0.2) is 0 Å². The Morgan fingerprint density at radius 3 is 3.04 bits per heavy atom. The van der Waals surface area contributed by atoms with Gasteiger partial charge in [-0.05, 0) is 56.2 Å². The van der Waals surface area contributed by atoms with Crippen molar-refractivity contribution in [3.63, 3.8) is 0 Å². The second-order valence-corrected chi connectivity index (χ2v) is 6.91. The number of hydrogen-bond donors (Lipinski definition) is 2. The minimum absolute atomic E-state index is 0.000780. The molecule has 0 bridgehead atoms. The minimum atomic E-state index is 0.000780. The third kappa shape index (κ3) is 3.18. The first-order chi connectivity index (χ1) is 12.2. The molecule has 2 N–H and O–H groups in total. The Kier molecular flexibility index (Phi) is 4.30. The van der Waals surface area contributed by atoms with Crippen LogP contribution in [0.2, 0.25) is 0 Å². The standard InChI is InChI=1S/C20H24N4O/c1-14-12-22-24(13-14)11-5-10-21-20(25)17-8-4-7-16-15-6-2-3-9-18(15)23-19(16)17/h4,7-8,12-13,23H,2-3,5-6,9-11H2,1H3,(H,21,25). The number of H-pyrrole nitrogens is 1. The highest BCUT2D eigenvalue weighted by Gasteiger charge is 2.19. The van der Waals surface area contributed by atoms with Crippen molar-refractivity contribution in [3.8, 4) is 0 Å². The Bertz CT molecular complexity index is 906. The van der Waals surface area contributed by atoms with Gasteiger partial charge >= 0.3 is 0 Å². The molecule has 0 saturated heterocycles. The zero-order valence-electron chi connectivity index (χ0n) is 14.6. The third-order valence-electron chi connectivity index (χ3n) is 4.99. The van der Waals surface area contributed by atoms with Crippen LogP contribution in [0.3, 0.4) is 0 Å². The van der Waals surface area contributed by atoms with E-state index in [2.05, 4.69) is 21.5 Å². The predicted octanol–water partition coefficient (Wildman–Crippen LogP) is 3.37. The number of para-hydroxylation sites is 1. The van der Waals surface area contributed by atoms with E-state index in [9.17, 15) is 4.79 Å². The van der Waals surface area contributed by atoms with Crippen molar-refractivity contribution in [2.75, 3.05) is 6.54 Å². The van der Waals surface area contributed by atoms with Gasteiger partial charge in [-0.15, -0.1) is 0 Å². The largest absolute Gasteiger partial charge is 0.358 e. The number of aromatic amines is 1. The summed E-state index contributed by atoms with van der Waals surface area (Å²) in [6, 6.07) is 6.04. The minimum Gasteiger partial charge on any atom is -0.358 e. The molecular formula is C20H24N4O. The van der Waals surface area contributed by atoms with Crippen molar-refractivity contribution in [1.82, 2.24) is 20.1 Å². The summed E-state index contributed by atoms with van der Waals surface area (Å²) in [5.41, 5.74) is 5.63. The molecule has 0 radical (unpaired) electrons. The molecular weight excluding hydrogens is 312 g/mol. The van der Waals surface area contributed by atoms with Gasteiger partial charge in [-0.1, -0.05) is 12.1 Å². The average molecular weight is 336 g/mol. The van der Waals surface area contributed by atoms with E-state index in [-0.39, 0.29) is 5.91 Å². The molecule has 5 nitrogen and oxygen atoms in total. The lowest BCUT2D eigenvalue weighted by atomic mass is 9.95. The van der Waals surface area contributed by atoms with Gasteiger partial charge in [0.1, 0.15) is 0 Å². The van der Waals surface area contributed by atoms with E-state index in [1.807, 2.05) is 36.1 Å². The number of nitrogens with zero attached hydrogens (tertiary/aromatic N) is 2. The second kappa shape index (κ2) is 6.75. The molecule has 25 heavy (non-hydrogen) atoms. The molecule has 3 aromatic rings. The van der Waals surface area contributed by atoms with Crippen LogP contribution in [0.5, 0.6) is 0 Å². The zero-order valence-corrected chi connectivity index (χ0v) is 14.6. The second-order valence-electron chi connectivity index (χ2n) is 6.91. The molecule has 1 aliphatic carbocycles. The molecule has 2 heterocycles. The third-order valence-corrected chi connectivity index (χ3v) is 4.99. The molecule has 0 saturated carbocycles. The fraction of sp³-hybridized carbons (Fsp3) is 0.400. The molecule has 0 atom stereocenters. The van der Waals surface area contributed by atoms with E-state index < -0.39 is 0 Å². The smallest absolute Gasteiger partial charge is 0.253 e. The van der Waals surface area contributed by atoms with Crippen LogP contribution in [0.25, 0.3) is 10.9 Å². The van der Waals surface area contributed by atoms with Crippen molar-refractivity contribution in [2.45, 2.75) is 45.6 Å². The van der Waals surface area contributed by atoms with E-state index >= 15 is 0 Å². The van der Waals surface area contributed by atoms with Crippen LogP contribution in [0, 0.1) is 6.92 Å². The van der Waals surface area contributed by atoms with E-state index in [0.717, 1.165) is 42.5 Å². The maximum Gasteiger partial charge on any atom is 0.253 e. The highest BCUT2D eigenvalue weighted by Crippen LogP contribution is 2.30. The van der Waals surface area contributed by atoms with Gasteiger partial charge in [0, 0.05) is 30.4 Å². The number of hydrogen-bond acceptors (Lipinski definition) is 2. The molecule has 1 aliphatic rings. The molecule has 4 rings (SSSR count). The van der Waals surface area contributed by atoms with Crippen LogP contribution < -0.4 is 5.32 Å². The summed E-state index contributed by atoms with van der Waals surface area (Å²) in [6.45, 7) is 3.49. The molecule has 2 aromatic heterocycles. The average Bonchev–Trinajstić information content (AvgIpc) is 3.21. The van der Waals surface area contributed by atoms with Crippen LogP contribution in [0.15, 0.2) is 30.6 Å². The molecule has 130 valence electrons. The lowest BCUT2D eigenvalue weighted by Gasteiger charge is -2.10. The maximum absolute atomic E-state index is 12.6. The summed E-state index contributed by atoms with van der Waals surface area (Å²) >= 11 is 0. The number of carbonyl (C=O) groups excluding carboxylic acids is 1. The number of rotatable bonds is 5. The van der Waals surface area contributed by atoms with Gasteiger partial charge < -0.3 is 10.3 Å². The van der Waals surface area contributed by atoms with Gasteiger partial charge in [0.15, 0.2) is 0 Å². The number of amides is 1. The number of benzene rings is 1. The SMILES string of the molecule is Cc1cnn(CCCNC(=O)c2cccc3c4c([nH]c23)CCCC4)c1. The normalized spacial score (nSPS) is 13.8. The quantitative estimate of drug-likeness (QED) is 0.702. The van der Waals surface area contributed by atoms with Crippen molar-refractivity contribution in [3.05, 3.63) is 53.0 Å². The van der Waals surface area contributed by atoms with Crippen molar-refractivity contribution in [2.24, 2.45) is 0 Å². The maximum atomic E-state index is 12.6. The van der Waals surface area contributed by atoms with Crippen LogP contribution in [0.1, 0.15) is 46.4 Å². The lowest BCUT2D eigenvalue weighted by Crippen LogP contribution is -2.25. The first-order valence-corrected chi connectivity index (χ1v) is 9.12. The van der Waals surface area contributed by atoms with E-state index in [1.54, 1.807) is 0 Å². The lowest BCUT2D eigenvalue weighted by molar-refractivity contribution is 0.0954. The fourth-order valence-corrected chi connectivity index (χ4v) is 3.75. The van der Waals surface area contributed by atoms with E-state index in [1.165, 1.54) is 29.5 Å². The molecule has 1 amide bonds. The number of carbonyl (C=O) groups is 1. The van der Waals surface area contributed by atoms with Crippen molar-refractivity contribution in [1.29, 1.82) is 0 Å². The highest BCUT2D eigenvalue weighted by atomic mass is 16.1. The summed E-state index contributed by atoms with van der Waals surface area (Å²) in [4.78, 5) is 16.1. The van der Waals surface area contributed by atoms with Gasteiger partial charge in [-0.3, -0.25) is 9.48 Å². The number of aromatic nitrogens is 3. The zero-order chi connectivity index (χ0) is 17.2. The number of fused-ring (bicyclic) bond motifs is 3. The Morgan fingerprint density at radius 2 is 2.20 bits per heavy atom. The van der Waals surface area contributed by atoms with Crippen molar-refractivity contribution >= 4 is 16.8 Å². The summed E-state index contributed by atoms with van der Waals surface area (Å²) < 4.78 is 1.92. The fourth-order valence-electron chi connectivity index (χ4n) is 3.75. The topological polar surface area (TPSA) is 62.7 Å². The molecule has 0 fully saturated rings. The summed E-state index contributed by atoms with van der Waals surface area (Å²) in [6.07, 6.45) is 9.41. The predicted molar refractivity (Wildman–Crippen MR) is 98.9 cm³/mol. The Balaban J connectivity index is 1.44. The summed E-state index contributed by atoms with van der Waals surface area (Å²) in [5, 5.41) is 8.53. The monoisotopic (exact) mass is 336 g/mol. The van der Waals surface area contributed by atoms with Crippen LogP contribution in [0.4, 0.5) is 0 Å². The Labute approximate surface area is 147 Å². The van der Waals surface area contributed by atoms with Crippen LogP contribution in [-0.2, 0) is 19.4 Å². The molecule has 1 aromatic carbocycles. The molecule has 0 spiro atoms. The van der Waals surface area contributed by atoms with Crippen molar-refractivity contribution < 1.29 is 4.79 Å². The van der Waals surface area contributed by atoms with Gasteiger partial charge in [0.25, 0.3) is 5.91 Å². The molecule has 0 aliphatic heterocycles. The molecule has 5 heteroatoms. The molecule has 0 unspecified atom stereocenters. The summed E-state index contributed by atoms with van der Waals surface area (Å²) in [7, 11) is 0. The van der Waals surface area contributed by atoms with Gasteiger partial charge in [0.05, 0.1) is 17.3 Å². The number of aryl methyl sites for hydroxylation is 4. The summed E-state index contributed by atoms with van der Waals surface area (Å²) in [5.74, 6) is 0.000780. The highest BCUT2D eigenvalue weighted by molar-refractivity contribution is 6.06.